The quantitative estimate of drug-likeness (QED) is 0.438. The Morgan fingerprint density at radius 2 is 2.07 bits per heavy atom. The van der Waals surface area contributed by atoms with Crippen molar-refractivity contribution in [3.63, 3.8) is 0 Å². The Hall–Kier alpha value is -3.04. The number of carbonyl (C=O) groups excluding carboxylic acids is 2. The summed E-state index contributed by atoms with van der Waals surface area (Å²) in [5, 5.41) is 21.0. The van der Waals surface area contributed by atoms with E-state index >= 15 is 0 Å². The van der Waals surface area contributed by atoms with E-state index in [0.29, 0.717) is 10.6 Å². The lowest BCUT2D eigenvalue weighted by molar-refractivity contribution is -0.386. The zero-order chi connectivity index (χ0) is 20.4. The summed E-state index contributed by atoms with van der Waals surface area (Å²) in [4.78, 5) is 36.4. The van der Waals surface area contributed by atoms with Crippen LogP contribution in [0.2, 0.25) is 5.02 Å². The molecule has 0 aliphatic carbocycles. The minimum absolute atomic E-state index is 0.0572. The Bertz CT molecular complexity index is 1020. The van der Waals surface area contributed by atoms with Crippen molar-refractivity contribution < 1.29 is 24.4 Å². The van der Waals surface area contributed by atoms with Crippen LogP contribution < -0.4 is 4.74 Å². The molecule has 2 aromatic carbocycles. The number of methoxy groups -OCH3 is 1. The van der Waals surface area contributed by atoms with Gasteiger partial charge in [-0.05, 0) is 47.2 Å². The Kier molecular flexibility index (Phi) is 5.57. The van der Waals surface area contributed by atoms with Gasteiger partial charge in [-0.2, -0.15) is 0 Å². The van der Waals surface area contributed by atoms with Crippen molar-refractivity contribution in [3.05, 3.63) is 67.6 Å². The van der Waals surface area contributed by atoms with E-state index in [9.17, 15) is 24.8 Å². The summed E-state index contributed by atoms with van der Waals surface area (Å²) in [5.74, 6) is -1.25. The van der Waals surface area contributed by atoms with E-state index in [2.05, 4.69) is 0 Å². The van der Waals surface area contributed by atoms with Crippen molar-refractivity contribution >= 4 is 46.3 Å². The molecule has 1 aliphatic heterocycles. The molecule has 1 aliphatic rings. The molecule has 0 atom stereocenters. The molecule has 0 aromatic heterocycles. The maximum Gasteiger partial charge on any atom is 0.315 e. The number of nitrogens with zero attached hydrogens (tertiary/aromatic N) is 2. The third-order valence-corrected chi connectivity index (χ3v) is 5.04. The highest BCUT2D eigenvalue weighted by atomic mass is 35.5. The normalized spacial score (nSPS) is 15.4. The summed E-state index contributed by atoms with van der Waals surface area (Å²) in [7, 11) is 1.25. The van der Waals surface area contributed by atoms with Crippen LogP contribution in [0.3, 0.4) is 0 Å². The number of hydrogen-bond acceptors (Lipinski definition) is 7. The maximum atomic E-state index is 12.6. The summed E-state index contributed by atoms with van der Waals surface area (Å²) in [5.41, 5.74) is 0.372. The first-order valence-electron chi connectivity index (χ1n) is 7.85. The van der Waals surface area contributed by atoms with Crippen molar-refractivity contribution in [2.24, 2.45) is 0 Å². The number of imide groups is 1. The summed E-state index contributed by atoms with van der Waals surface area (Å²) < 4.78 is 4.93. The van der Waals surface area contributed by atoms with Gasteiger partial charge in [-0.1, -0.05) is 23.7 Å². The SMILES string of the molecule is COc1cc(/C=C2\SC(=O)N(Cc3cccc(Cl)c3)C2=O)cc([N+](=O)[O-])c1O. The number of phenolic OH excluding ortho intramolecular Hbond substituents is 1. The molecule has 1 N–H and O–H groups in total. The van der Waals surface area contributed by atoms with Gasteiger partial charge in [-0.25, -0.2) is 0 Å². The van der Waals surface area contributed by atoms with Crippen molar-refractivity contribution in [3.8, 4) is 11.5 Å². The topological polar surface area (TPSA) is 110 Å². The first-order chi connectivity index (χ1) is 13.3. The van der Waals surface area contributed by atoms with Crippen molar-refractivity contribution in [1.82, 2.24) is 4.90 Å². The average Bonchev–Trinajstić information content (AvgIpc) is 2.90. The van der Waals surface area contributed by atoms with Crippen LogP contribution in [0.25, 0.3) is 6.08 Å². The van der Waals surface area contributed by atoms with Crippen molar-refractivity contribution in [2.45, 2.75) is 6.54 Å². The second-order valence-corrected chi connectivity index (χ2v) is 7.18. The second kappa shape index (κ2) is 7.91. The fourth-order valence-electron chi connectivity index (χ4n) is 2.60. The highest BCUT2D eigenvalue weighted by molar-refractivity contribution is 8.18. The van der Waals surface area contributed by atoms with Crippen LogP contribution in [-0.4, -0.2) is 33.2 Å². The molecule has 1 saturated heterocycles. The first-order valence-corrected chi connectivity index (χ1v) is 9.05. The molecule has 0 bridgehead atoms. The van der Waals surface area contributed by atoms with E-state index in [1.807, 2.05) is 0 Å². The van der Waals surface area contributed by atoms with E-state index in [0.717, 1.165) is 22.7 Å². The minimum atomic E-state index is -0.764. The maximum absolute atomic E-state index is 12.6. The fourth-order valence-corrected chi connectivity index (χ4v) is 3.65. The number of benzene rings is 2. The lowest BCUT2D eigenvalue weighted by Gasteiger charge is -2.12. The molecule has 0 unspecified atom stereocenters. The summed E-state index contributed by atoms with van der Waals surface area (Å²) in [6, 6.07) is 9.24. The minimum Gasteiger partial charge on any atom is -0.500 e. The van der Waals surface area contributed by atoms with Crippen LogP contribution >= 0.6 is 23.4 Å². The van der Waals surface area contributed by atoms with Gasteiger partial charge in [0.1, 0.15) is 0 Å². The predicted octanol–water partition coefficient (Wildman–Crippen LogP) is 4.20. The van der Waals surface area contributed by atoms with Crippen molar-refractivity contribution in [2.75, 3.05) is 7.11 Å². The van der Waals surface area contributed by atoms with E-state index in [1.165, 1.54) is 19.3 Å². The largest absolute Gasteiger partial charge is 0.500 e. The second-order valence-electron chi connectivity index (χ2n) is 5.75. The zero-order valence-electron chi connectivity index (χ0n) is 14.4. The van der Waals surface area contributed by atoms with Crippen LogP contribution in [0.4, 0.5) is 10.5 Å². The number of nitro groups is 1. The molecule has 0 radical (unpaired) electrons. The summed E-state index contributed by atoms with van der Waals surface area (Å²) in [6.07, 6.45) is 1.35. The standard InChI is InChI=1S/C18H13ClN2O6S/c1-27-14-7-11(6-13(16(14)22)21(25)26)8-15-17(23)20(18(24)28-15)9-10-3-2-4-12(19)5-10/h2-8,22H,9H2,1H3/b15-8-. The van der Waals surface area contributed by atoms with Gasteiger partial charge in [-0.15, -0.1) is 0 Å². The molecule has 1 heterocycles. The number of rotatable bonds is 5. The van der Waals surface area contributed by atoms with Crippen LogP contribution in [0.5, 0.6) is 11.5 Å². The van der Waals surface area contributed by atoms with Gasteiger partial charge >= 0.3 is 5.69 Å². The monoisotopic (exact) mass is 420 g/mol. The summed E-state index contributed by atoms with van der Waals surface area (Å²) >= 11 is 6.65. The molecule has 144 valence electrons. The molecule has 0 saturated carbocycles. The number of phenols is 1. The number of halogens is 1. The van der Waals surface area contributed by atoms with Gasteiger partial charge in [0.05, 0.1) is 23.5 Å². The zero-order valence-corrected chi connectivity index (χ0v) is 16.0. The van der Waals surface area contributed by atoms with E-state index in [1.54, 1.807) is 24.3 Å². The smallest absolute Gasteiger partial charge is 0.315 e. The van der Waals surface area contributed by atoms with E-state index in [4.69, 9.17) is 16.3 Å². The molecule has 2 amide bonds. The fraction of sp³-hybridized carbons (Fsp3) is 0.111. The van der Waals surface area contributed by atoms with Crippen LogP contribution in [-0.2, 0) is 11.3 Å². The summed E-state index contributed by atoms with van der Waals surface area (Å²) in [6.45, 7) is 0.0572. The van der Waals surface area contributed by atoms with Gasteiger partial charge in [-0.3, -0.25) is 24.6 Å². The number of hydrogen-bond donors (Lipinski definition) is 1. The number of nitro benzene ring substituents is 1. The van der Waals surface area contributed by atoms with Gasteiger partial charge < -0.3 is 9.84 Å². The number of thioether (sulfide) groups is 1. The molecule has 2 aromatic rings. The molecule has 10 heteroatoms. The van der Waals surface area contributed by atoms with Gasteiger partial charge in [0.15, 0.2) is 5.75 Å². The van der Waals surface area contributed by atoms with Gasteiger partial charge in [0.25, 0.3) is 11.1 Å². The highest BCUT2D eigenvalue weighted by Crippen LogP contribution is 2.39. The Morgan fingerprint density at radius 1 is 1.32 bits per heavy atom. The third-order valence-electron chi connectivity index (χ3n) is 3.89. The van der Waals surface area contributed by atoms with E-state index in [-0.39, 0.29) is 22.8 Å². The Morgan fingerprint density at radius 3 is 2.71 bits per heavy atom. The van der Waals surface area contributed by atoms with E-state index < -0.39 is 27.5 Å². The number of aromatic hydroxyl groups is 1. The Balaban J connectivity index is 1.91. The molecule has 3 rings (SSSR count). The van der Waals surface area contributed by atoms with Crippen LogP contribution in [0, 0.1) is 10.1 Å². The number of carbonyl (C=O) groups is 2. The average molecular weight is 421 g/mol. The third kappa shape index (κ3) is 3.95. The molecular formula is C18H13ClN2O6S. The lowest BCUT2D eigenvalue weighted by Crippen LogP contribution is -2.27. The molecule has 8 nitrogen and oxygen atoms in total. The van der Waals surface area contributed by atoms with Crippen molar-refractivity contribution in [1.29, 1.82) is 0 Å². The predicted molar refractivity (Wildman–Crippen MR) is 104 cm³/mol. The van der Waals surface area contributed by atoms with Gasteiger partial charge in [0.2, 0.25) is 5.75 Å². The number of amides is 2. The molecule has 28 heavy (non-hydrogen) atoms. The Labute approximate surface area is 168 Å². The molecule has 0 spiro atoms. The van der Waals surface area contributed by atoms with Crippen LogP contribution in [0.15, 0.2) is 41.3 Å². The molecule has 1 fully saturated rings. The lowest BCUT2D eigenvalue weighted by atomic mass is 10.1. The highest BCUT2D eigenvalue weighted by Gasteiger charge is 2.35. The number of ether oxygens (including phenoxy) is 1. The first kappa shape index (κ1) is 19.7. The molecular weight excluding hydrogens is 408 g/mol. The van der Waals surface area contributed by atoms with Gasteiger partial charge in [0, 0.05) is 11.1 Å². The van der Waals surface area contributed by atoms with Crippen LogP contribution in [0.1, 0.15) is 11.1 Å².